The molecule has 474 valence electrons. The Balaban J connectivity index is 4.26. The van der Waals surface area contributed by atoms with Crippen molar-refractivity contribution in [1.29, 1.82) is 0 Å². The van der Waals surface area contributed by atoms with Gasteiger partial charge in [0.05, 0.1) is 0 Å². The molecule has 0 saturated heterocycles. The zero-order valence-corrected chi connectivity index (χ0v) is 54.4. The number of carbonyl (C=O) groups excluding carboxylic acids is 3. The van der Waals surface area contributed by atoms with Crippen molar-refractivity contribution >= 4 is 17.9 Å². The molecule has 0 radical (unpaired) electrons. The van der Waals surface area contributed by atoms with Gasteiger partial charge < -0.3 is 14.2 Å². The average molecular weight is 1150 g/mol. The highest BCUT2D eigenvalue weighted by molar-refractivity contribution is 5.71. The van der Waals surface area contributed by atoms with Gasteiger partial charge in [-0.15, -0.1) is 0 Å². The smallest absolute Gasteiger partial charge is 0.306 e. The molecule has 1 atom stereocenters. The fraction of sp³-hybridized carbons (Fsp3) is 0.701. The van der Waals surface area contributed by atoms with Crippen LogP contribution in [0.1, 0.15) is 329 Å². The predicted molar refractivity (Wildman–Crippen MR) is 362 cm³/mol. The number of esters is 3. The van der Waals surface area contributed by atoms with E-state index in [-0.39, 0.29) is 31.1 Å². The van der Waals surface area contributed by atoms with E-state index in [2.05, 4.69) is 142 Å². The lowest BCUT2D eigenvalue weighted by Gasteiger charge is -2.18. The number of unbranched alkanes of at least 4 members (excludes halogenated alkanes) is 32. The van der Waals surface area contributed by atoms with Crippen LogP contribution in [-0.2, 0) is 28.6 Å². The van der Waals surface area contributed by atoms with E-state index in [0.717, 1.165) is 135 Å². The Morgan fingerprint density at radius 3 is 0.795 bits per heavy atom. The molecule has 83 heavy (non-hydrogen) atoms. The Morgan fingerprint density at radius 2 is 0.494 bits per heavy atom. The van der Waals surface area contributed by atoms with Crippen molar-refractivity contribution in [3.05, 3.63) is 122 Å². The lowest BCUT2D eigenvalue weighted by molar-refractivity contribution is -0.167. The molecule has 0 amide bonds. The summed E-state index contributed by atoms with van der Waals surface area (Å²) in [6.07, 6.45) is 97.9. The van der Waals surface area contributed by atoms with Crippen LogP contribution in [0.3, 0.4) is 0 Å². The van der Waals surface area contributed by atoms with Gasteiger partial charge in [0.15, 0.2) is 6.10 Å². The highest BCUT2D eigenvalue weighted by Gasteiger charge is 2.19. The van der Waals surface area contributed by atoms with Gasteiger partial charge in [-0.05, 0) is 128 Å². The third-order valence-electron chi connectivity index (χ3n) is 14.9. The lowest BCUT2D eigenvalue weighted by Crippen LogP contribution is -2.30. The Hall–Kier alpha value is -4.19. The van der Waals surface area contributed by atoms with Gasteiger partial charge in [0.25, 0.3) is 0 Å². The second-order valence-corrected chi connectivity index (χ2v) is 23.1. The summed E-state index contributed by atoms with van der Waals surface area (Å²) in [7, 11) is 0. The first-order chi connectivity index (χ1) is 41.0. The van der Waals surface area contributed by atoms with Gasteiger partial charge in [0.2, 0.25) is 0 Å². The number of rotatable bonds is 63. The first kappa shape index (κ1) is 78.8. The molecule has 0 saturated carbocycles. The molecule has 0 aromatic heterocycles. The molecule has 0 rings (SSSR count). The predicted octanol–water partition coefficient (Wildman–Crippen LogP) is 24.3. The highest BCUT2D eigenvalue weighted by Crippen LogP contribution is 2.16. The van der Waals surface area contributed by atoms with Gasteiger partial charge >= 0.3 is 17.9 Å². The zero-order valence-electron chi connectivity index (χ0n) is 54.4. The van der Waals surface area contributed by atoms with Gasteiger partial charge in [-0.3, -0.25) is 14.4 Å². The van der Waals surface area contributed by atoms with Crippen molar-refractivity contribution in [3.8, 4) is 0 Å². The number of hydrogen-bond donors (Lipinski definition) is 0. The van der Waals surface area contributed by atoms with Gasteiger partial charge in [-0.2, -0.15) is 0 Å². The van der Waals surface area contributed by atoms with Crippen molar-refractivity contribution in [3.63, 3.8) is 0 Å². The summed E-state index contributed by atoms with van der Waals surface area (Å²) >= 11 is 0. The largest absolute Gasteiger partial charge is 0.462 e. The summed E-state index contributed by atoms with van der Waals surface area (Å²) in [5.74, 6) is -0.894. The topological polar surface area (TPSA) is 78.9 Å². The molecule has 0 fully saturated rings. The molecule has 0 N–H and O–H groups in total. The second kappa shape index (κ2) is 70.3. The molecular formula is C77H130O6. The van der Waals surface area contributed by atoms with Crippen molar-refractivity contribution in [2.45, 2.75) is 335 Å². The van der Waals surface area contributed by atoms with E-state index < -0.39 is 6.10 Å². The Bertz CT molecular complexity index is 1700. The Kier molecular flexibility index (Phi) is 66.7. The van der Waals surface area contributed by atoms with Crippen LogP contribution in [0.5, 0.6) is 0 Å². The van der Waals surface area contributed by atoms with Crippen molar-refractivity contribution < 1.29 is 28.6 Å². The quantitative estimate of drug-likeness (QED) is 0.0261. The maximum Gasteiger partial charge on any atom is 0.306 e. The molecule has 0 spiro atoms. The van der Waals surface area contributed by atoms with E-state index in [1.54, 1.807) is 0 Å². The summed E-state index contributed by atoms with van der Waals surface area (Å²) < 4.78 is 16.9. The van der Waals surface area contributed by atoms with Crippen molar-refractivity contribution in [1.82, 2.24) is 0 Å². The Morgan fingerprint density at radius 1 is 0.253 bits per heavy atom. The molecule has 0 bridgehead atoms. The SMILES string of the molecule is CC/C=C\C/C=C\C/C=C\C/C=C\C/C=C\C/C=C\C/C=C\CCCCCCCCCCCCCC(=O)OCC(COC(=O)CCCCCCC/C=C\C/C=C\CCC)OC(=O)CCCCCCCCCCC/C=C\CCCCCCCC. The van der Waals surface area contributed by atoms with Crippen LogP contribution in [-0.4, -0.2) is 37.2 Å². The second-order valence-electron chi connectivity index (χ2n) is 23.1. The van der Waals surface area contributed by atoms with Crippen LogP contribution in [0.15, 0.2) is 122 Å². The molecule has 6 heteroatoms. The third-order valence-corrected chi connectivity index (χ3v) is 14.9. The molecule has 0 aromatic carbocycles. The monoisotopic (exact) mass is 1150 g/mol. The van der Waals surface area contributed by atoms with Crippen LogP contribution < -0.4 is 0 Å². The van der Waals surface area contributed by atoms with Crippen LogP contribution in [0.25, 0.3) is 0 Å². The maximum atomic E-state index is 12.9. The molecule has 0 aromatic rings. The molecule has 1 unspecified atom stereocenters. The van der Waals surface area contributed by atoms with Crippen molar-refractivity contribution in [2.24, 2.45) is 0 Å². The summed E-state index contributed by atoms with van der Waals surface area (Å²) in [4.78, 5) is 38.4. The van der Waals surface area contributed by atoms with E-state index in [0.29, 0.717) is 19.3 Å². The maximum absolute atomic E-state index is 12.9. The minimum Gasteiger partial charge on any atom is -0.462 e. The Labute approximate surface area is 513 Å². The number of allylic oxidation sites excluding steroid dienone is 20. The van der Waals surface area contributed by atoms with E-state index in [4.69, 9.17) is 14.2 Å². The van der Waals surface area contributed by atoms with Gasteiger partial charge in [-0.1, -0.05) is 303 Å². The van der Waals surface area contributed by atoms with Gasteiger partial charge in [0, 0.05) is 19.3 Å². The normalized spacial score (nSPS) is 12.9. The first-order valence-electron chi connectivity index (χ1n) is 35.0. The van der Waals surface area contributed by atoms with Crippen molar-refractivity contribution in [2.75, 3.05) is 13.2 Å². The fourth-order valence-electron chi connectivity index (χ4n) is 9.69. The molecular weight excluding hydrogens is 1020 g/mol. The molecule has 6 nitrogen and oxygen atoms in total. The van der Waals surface area contributed by atoms with Crippen LogP contribution in [0, 0.1) is 0 Å². The lowest BCUT2D eigenvalue weighted by atomic mass is 10.0. The fourth-order valence-corrected chi connectivity index (χ4v) is 9.69. The van der Waals surface area contributed by atoms with Gasteiger partial charge in [-0.25, -0.2) is 0 Å². The summed E-state index contributed by atoms with van der Waals surface area (Å²) in [6.45, 7) is 6.47. The minimum atomic E-state index is -0.789. The minimum absolute atomic E-state index is 0.0847. The molecule has 0 aliphatic heterocycles. The molecule has 0 aliphatic carbocycles. The van der Waals surface area contributed by atoms with E-state index in [1.807, 2.05) is 0 Å². The number of ether oxygens (including phenoxy) is 3. The summed E-state index contributed by atoms with van der Waals surface area (Å²) in [6, 6.07) is 0. The average Bonchev–Trinajstić information content (AvgIpc) is 3.49. The molecule has 0 aliphatic rings. The highest BCUT2D eigenvalue weighted by atomic mass is 16.6. The van der Waals surface area contributed by atoms with Crippen LogP contribution in [0.4, 0.5) is 0 Å². The number of hydrogen-bond acceptors (Lipinski definition) is 6. The van der Waals surface area contributed by atoms with Gasteiger partial charge in [0.1, 0.15) is 13.2 Å². The van der Waals surface area contributed by atoms with Crippen LogP contribution >= 0.6 is 0 Å². The van der Waals surface area contributed by atoms with Crippen LogP contribution in [0.2, 0.25) is 0 Å². The van der Waals surface area contributed by atoms with E-state index in [9.17, 15) is 14.4 Å². The zero-order chi connectivity index (χ0) is 59.9. The summed E-state index contributed by atoms with van der Waals surface area (Å²) in [5, 5.41) is 0. The van der Waals surface area contributed by atoms with E-state index in [1.165, 1.54) is 154 Å². The third kappa shape index (κ3) is 68.5. The first-order valence-corrected chi connectivity index (χ1v) is 35.0. The standard InChI is InChI=1S/C77H130O6/c1-4-7-10-13-16-19-22-25-27-29-31-32-33-34-35-36-37-38-39-40-41-42-43-44-46-47-49-52-55-58-61-64-67-70-76(79)82-73-74(72-81-75(78)69-66-63-60-57-54-51-24-21-18-15-12-9-6-3)83-77(80)71-68-65-62-59-56-53-50-48-45-30-28-26-23-20-17-14-11-8-5-2/h7,10,12,15-16,19,21,24-28,31-32,34-35,37-38,40-41,74H,4-6,8-9,11,13-14,17-18,20,22-23,29-30,33,36,39,42-73H2,1-3H3/b10-7-,15-12-,19-16-,24-21-,27-25-,28-26-,32-31-,35-34-,38-37-,41-40-. The molecule has 0 heterocycles. The van der Waals surface area contributed by atoms with E-state index >= 15 is 0 Å². The summed E-state index contributed by atoms with van der Waals surface area (Å²) in [5.41, 5.74) is 0. The number of carbonyl (C=O) groups is 3.